The second kappa shape index (κ2) is 11.7. The molecule has 0 heterocycles. The van der Waals surface area contributed by atoms with E-state index in [9.17, 15) is 39.6 Å². The highest BCUT2D eigenvalue weighted by molar-refractivity contribution is 5.92. The van der Waals surface area contributed by atoms with Gasteiger partial charge in [0.1, 0.15) is 5.60 Å². The van der Waals surface area contributed by atoms with Crippen molar-refractivity contribution in [3.63, 3.8) is 0 Å². The van der Waals surface area contributed by atoms with Crippen LogP contribution in [0.1, 0.15) is 77.2 Å². The number of rotatable bonds is 9. The van der Waals surface area contributed by atoms with E-state index in [1.807, 2.05) is 6.92 Å². The summed E-state index contributed by atoms with van der Waals surface area (Å²) in [6.07, 6.45) is 5.00. The summed E-state index contributed by atoms with van der Waals surface area (Å²) >= 11 is 0. The number of aliphatic hydroxyl groups is 2. The normalized spacial score (nSPS) is 34.8. The molecule has 0 radical (unpaired) electrons. The predicted molar refractivity (Wildman–Crippen MR) is 155 cm³/mol. The summed E-state index contributed by atoms with van der Waals surface area (Å²) in [5.74, 6) is -1.88. The third-order valence-corrected chi connectivity index (χ3v) is 11.2. The van der Waals surface area contributed by atoms with Crippen LogP contribution in [0.2, 0.25) is 0 Å². The zero-order valence-electron chi connectivity index (χ0n) is 24.9. The van der Waals surface area contributed by atoms with Crippen molar-refractivity contribution in [2.24, 2.45) is 28.6 Å². The van der Waals surface area contributed by atoms with Crippen molar-refractivity contribution >= 4 is 23.4 Å². The Morgan fingerprint density at radius 2 is 1.81 bits per heavy atom. The number of carbonyl (C=O) groups is 4. The number of Topliss-reactive ketones (excluding diaryl/α,β-unsaturated/α-hetero) is 1. The van der Waals surface area contributed by atoms with Gasteiger partial charge in [-0.3, -0.25) is 19.2 Å². The molecule has 7 atom stereocenters. The molecule has 1 aromatic carbocycles. The maximum atomic E-state index is 13.4. The first-order valence-electron chi connectivity index (χ1n) is 15.4. The van der Waals surface area contributed by atoms with Crippen LogP contribution >= 0.6 is 0 Å². The first-order valence-corrected chi connectivity index (χ1v) is 15.4. The molecule has 5 rings (SSSR count). The average molecular weight is 598 g/mol. The van der Waals surface area contributed by atoms with E-state index in [1.165, 1.54) is 12.1 Å². The van der Waals surface area contributed by atoms with Gasteiger partial charge in [0, 0.05) is 24.8 Å². The van der Waals surface area contributed by atoms with Gasteiger partial charge in [0.2, 0.25) is 11.7 Å². The molecule has 0 saturated heterocycles. The number of esters is 1. The van der Waals surface area contributed by atoms with Crippen LogP contribution in [0, 0.1) is 28.6 Å². The van der Waals surface area contributed by atoms with E-state index < -0.39 is 35.5 Å². The Morgan fingerprint density at radius 1 is 1.05 bits per heavy atom. The Kier molecular flexibility index (Phi) is 8.48. The Bertz CT molecular complexity index is 1340. The fourth-order valence-corrected chi connectivity index (χ4v) is 8.86. The summed E-state index contributed by atoms with van der Waals surface area (Å²) in [7, 11) is 0. The number of aliphatic hydroxyl groups excluding tert-OH is 1. The minimum absolute atomic E-state index is 0.0239. The molecule has 234 valence electrons. The van der Waals surface area contributed by atoms with Crippen LogP contribution in [0.5, 0.6) is 11.5 Å². The molecule has 10 heteroatoms. The van der Waals surface area contributed by atoms with Crippen LogP contribution in [-0.4, -0.2) is 68.7 Å². The topological polar surface area (TPSA) is 170 Å². The molecule has 0 aliphatic heterocycles. The molecule has 0 spiro atoms. The monoisotopic (exact) mass is 597 g/mol. The van der Waals surface area contributed by atoms with Crippen LogP contribution < -0.4 is 5.32 Å². The minimum Gasteiger partial charge on any atom is -0.504 e. The summed E-state index contributed by atoms with van der Waals surface area (Å²) in [5.41, 5.74) is -1.02. The molecular weight excluding hydrogens is 554 g/mol. The molecule has 1 amide bonds. The Hall–Kier alpha value is -3.24. The predicted octanol–water partition coefficient (Wildman–Crippen LogP) is 2.88. The minimum atomic E-state index is -1.73. The van der Waals surface area contributed by atoms with Gasteiger partial charge >= 0.3 is 5.97 Å². The lowest BCUT2D eigenvalue weighted by molar-refractivity contribution is -0.184. The highest BCUT2D eigenvalue weighted by Crippen LogP contribution is 2.67. The van der Waals surface area contributed by atoms with Gasteiger partial charge in [0.25, 0.3) is 0 Å². The second-order valence-electron chi connectivity index (χ2n) is 13.5. The summed E-state index contributed by atoms with van der Waals surface area (Å²) in [6.45, 7) is 3.71. The van der Waals surface area contributed by atoms with Gasteiger partial charge in [0.15, 0.2) is 23.9 Å². The number of hydrogen-bond acceptors (Lipinski definition) is 9. The van der Waals surface area contributed by atoms with Crippen LogP contribution in [0.15, 0.2) is 29.8 Å². The quantitative estimate of drug-likeness (QED) is 0.212. The molecule has 0 unspecified atom stereocenters. The molecule has 1 aromatic rings. The molecule has 4 aliphatic carbocycles. The number of ether oxygens (including phenoxy) is 1. The van der Waals surface area contributed by atoms with Crippen molar-refractivity contribution < 1.29 is 44.3 Å². The number of allylic oxidation sites excluding steroid dienone is 1. The number of carbonyl (C=O) groups excluding carboxylic acids is 4. The molecule has 3 saturated carbocycles. The molecule has 0 bridgehead atoms. The van der Waals surface area contributed by atoms with Crippen LogP contribution in [0.3, 0.4) is 0 Å². The maximum absolute atomic E-state index is 13.4. The lowest BCUT2D eigenvalue weighted by atomic mass is 9.45. The Morgan fingerprint density at radius 3 is 2.56 bits per heavy atom. The van der Waals surface area contributed by atoms with Gasteiger partial charge in [0.05, 0.1) is 12.5 Å². The molecule has 10 nitrogen and oxygen atoms in total. The fourth-order valence-electron chi connectivity index (χ4n) is 8.86. The highest BCUT2D eigenvalue weighted by atomic mass is 16.5. The number of phenolic OH excluding ortho intramolecular Hbond substituents is 2. The summed E-state index contributed by atoms with van der Waals surface area (Å²) in [4.78, 5) is 50.1. The van der Waals surface area contributed by atoms with Crippen molar-refractivity contribution in [3.05, 3.63) is 35.4 Å². The molecule has 5 N–H and O–H groups in total. The number of ketones is 2. The van der Waals surface area contributed by atoms with E-state index in [0.29, 0.717) is 25.7 Å². The average Bonchev–Trinajstić information content (AvgIpc) is 3.23. The van der Waals surface area contributed by atoms with Gasteiger partial charge in [-0.1, -0.05) is 25.5 Å². The van der Waals surface area contributed by atoms with Crippen LogP contribution in [0.25, 0.3) is 0 Å². The molecule has 4 aliphatic rings. The van der Waals surface area contributed by atoms with Crippen molar-refractivity contribution in [3.8, 4) is 11.5 Å². The summed E-state index contributed by atoms with van der Waals surface area (Å²) < 4.78 is 5.20. The smallest absolute Gasteiger partial charge is 0.306 e. The number of aromatic hydroxyl groups is 2. The first-order chi connectivity index (χ1) is 20.3. The lowest BCUT2D eigenvalue weighted by Gasteiger charge is -2.60. The van der Waals surface area contributed by atoms with Crippen molar-refractivity contribution in [2.45, 2.75) is 89.8 Å². The second-order valence-corrected chi connectivity index (χ2v) is 13.5. The first kappa shape index (κ1) is 31.2. The van der Waals surface area contributed by atoms with E-state index in [1.54, 1.807) is 12.1 Å². The van der Waals surface area contributed by atoms with E-state index in [-0.39, 0.29) is 78.6 Å². The zero-order chi connectivity index (χ0) is 31.2. The van der Waals surface area contributed by atoms with E-state index in [2.05, 4.69) is 12.2 Å². The SMILES string of the molecule is C[C@]12CCC(=O)C=C1CC[C@@H]1[C@@H]2[C@H](O)C[C@@]2(C)[C@H]1CC[C@]2(O)C(=O)COC(=O)CCC(=O)NCCc1ccc(O)c(O)c1. The maximum Gasteiger partial charge on any atom is 0.306 e. The number of fused-ring (bicyclic) bond motifs is 5. The Labute approximate surface area is 251 Å². The largest absolute Gasteiger partial charge is 0.504 e. The van der Waals surface area contributed by atoms with Gasteiger partial charge in [-0.15, -0.1) is 0 Å². The summed E-state index contributed by atoms with van der Waals surface area (Å²) in [6, 6.07) is 4.40. The van der Waals surface area contributed by atoms with Crippen molar-refractivity contribution in [2.75, 3.05) is 13.2 Å². The zero-order valence-corrected chi connectivity index (χ0v) is 24.9. The Balaban J connectivity index is 1.13. The standard InChI is InChI=1S/C33H43NO9/c1-31-12-9-21(35)16-20(31)4-5-22-23-10-13-33(42,32(23,2)17-26(38)30(22)31)27(39)18-43-29(41)8-7-28(40)34-14-11-19-3-6-24(36)25(37)15-19/h3,6,15-16,22-23,26,30,36-38,42H,4-5,7-14,17-18H2,1-2H3,(H,34,40)/t22-,23-,26+,30+,31-,32-,33-/m0/s1. The van der Waals surface area contributed by atoms with E-state index >= 15 is 0 Å². The fraction of sp³-hybridized carbons (Fsp3) is 0.636. The van der Waals surface area contributed by atoms with Gasteiger partial charge in [-0.05, 0) is 91.9 Å². The number of benzene rings is 1. The third kappa shape index (κ3) is 5.59. The van der Waals surface area contributed by atoms with Crippen LogP contribution in [0.4, 0.5) is 0 Å². The highest BCUT2D eigenvalue weighted by Gasteiger charge is 2.68. The molecule has 0 aromatic heterocycles. The van der Waals surface area contributed by atoms with Crippen molar-refractivity contribution in [1.29, 1.82) is 0 Å². The van der Waals surface area contributed by atoms with E-state index in [0.717, 1.165) is 24.0 Å². The van der Waals surface area contributed by atoms with E-state index in [4.69, 9.17) is 4.74 Å². The van der Waals surface area contributed by atoms with Gasteiger partial charge in [-0.2, -0.15) is 0 Å². The number of phenols is 2. The lowest BCUT2D eigenvalue weighted by Crippen LogP contribution is -2.62. The number of nitrogens with one attached hydrogen (secondary N) is 1. The number of hydrogen-bond donors (Lipinski definition) is 5. The van der Waals surface area contributed by atoms with Gasteiger partial charge in [-0.25, -0.2) is 0 Å². The van der Waals surface area contributed by atoms with Gasteiger partial charge < -0.3 is 30.5 Å². The number of amides is 1. The summed E-state index contributed by atoms with van der Waals surface area (Å²) in [5, 5.41) is 44.9. The van der Waals surface area contributed by atoms with Crippen molar-refractivity contribution in [1.82, 2.24) is 5.32 Å². The van der Waals surface area contributed by atoms with Crippen LogP contribution in [-0.2, 0) is 30.3 Å². The molecular formula is C33H43NO9. The third-order valence-electron chi connectivity index (χ3n) is 11.2. The molecule has 43 heavy (non-hydrogen) atoms. The molecule has 3 fully saturated rings.